The number of nitrogens with zero attached hydrogens (tertiary/aromatic N) is 3. The molecule has 182 valence electrons. The number of aromatic nitrogens is 2. The van der Waals surface area contributed by atoms with Gasteiger partial charge in [0.2, 0.25) is 5.82 Å². The molecule has 0 radical (unpaired) electrons. The van der Waals surface area contributed by atoms with Crippen molar-refractivity contribution in [1.29, 1.82) is 0 Å². The lowest BCUT2D eigenvalue weighted by molar-refractivity contribution is 0.244. The minimum Gasteiger partial charge on any atom is -0.494 e. The molecule has 1 aromatic heterocycles. The standard InChI is InChI=1S/C28H25FN4O3/c1-4-18-10-13-21(14-11-18)33-17(2)24(25(30-28(33)34)19-8-6-5-7-9-19)27-31-26(32-36-27)20-12-15-23(35-3)22(29)16-20/h5-16,25H,4H2,1-3H3,(H,30,34). The highest BCUT2D eigenvalue weighted by atomic mass is 19.1. The molecule has 3 aromatic carbocycles. The first-order valence-corrected chi connectivity index (χ1v) is 11.6. The maximum atomic E-state index is 14.3. The van der Waals surface area contributed by atoms with Crippen LogP contribution in [0.3, 0.4) is 0 Å². The van der Waals surface area contributed by atoms with Crippen LogP contribution in [0, 0.1) is 5.82 Å². The van der Waals surface area contributed by atoms with Crippen molar-refractivity contribution in [3.8, 4) is 17.1 Å². The number of carbonyl (C=O) groups is 1. The van der Waals surface area contributed by atoms with Crippen LogP contribution in [0.5, 0.6) is 5.75 Å². The number of anilines is 1. The van der Waals surface area contributed by atoms with E-state index in [1.54, 1.807) is 11.0 Å². The average Bonchev–Trinajstić information content (AvgIpc) is 3.39. The number of benzene rings is 3. The van der Waals surface area contributed by atoms with Crippen molar-refractivity contribution in [1.82, 2.24) is 15.5 Å². The number of urea groups is 1. The Balaban J connectivity index is 1.62. The third kappa shape index (κ3) is 4.22. The number of methoxy groups -OCH3 is 1. The molecule has 1 atom stereocenters. The van der Waals surface area contributed by atoms with Gasteiger partial charge < -0.3 is 14.6 Å². The van der Waals surface area contributed by atoms with Crippen molar-refractivity contribution >= 4 is 17.3 Å². The molecule has 5 rings (SSSR count). The number of allylic oxidation sites excluding steroid dienone is 1. The van der Waals surface area contributed by atoms with E-state index in [0.29, 0.717) is 16.8 Å². The Morgan fingerprint density at radius 3 is 2.50 bits per heavy atom. The van der Waals surface area contributed by atoms with Gasteiger partial charge in [-0.2, -0.15) is 4.98 Å². The highest BCUT2D eigenvalue weighted by Gasteiger charge is 2.36. The van der Waals surface area contributed by atoms with Crippen LogP contribution >= 0.6 is 0 Å². The van der Waals surface area contributed by atoms with Crippen LogP contribution in [0.2, 0.25) is 0 Å². The smallest absolute Gasteiger partial charge is 0.326 e. The van der Waals surface area contributed by atoms with Gasteiger partial charge >= 0.3 is 6.03 Å². The van der Waals surface area contributed by atoms with Crippen molar-refractivity contribution in [3.05, 3.63) is 101 Å². The van der Waals surface area contributed by atoms with E-state index in [4.69, 9.17) is 9.26 Å². The van der Waals surface area contributed by atoms with Gasteiger partial charge in [-0.3, -0.25) is 4.90 Å². The monoisotopic (exact) mass is 484 g/mol. The van der Waals surface area contributed by atoms with Gasteiger partial charge in [-0.1, -0.05) is 54.5 Å². The van der Waals surface area contributed by atoms with Crippen LogP contribution < -0.4 is 15.0 Å². The lowest BCUT2D eigenvalue weighted by atomic mass is 9.94. The second-order valence-electron chi connectivity index (χ2n) is 8.42. The maximum Gasteiger partial charge on any atom is 0.326 e. The zero-order valence-electron chi connectivity index (χ0n) is 20.2. The van der Waals surface area contributed by atoms with Crippen LogP contribution in [0.15, 0.2) is 83.0 Å². The number of nitrogens with one attached hydrogen (secondary N) is 1. The number of hydrogen-bond donors (Lipinski definition) is 1. The number of amides is 2. The van der Waals surface area contributed by atoms with Crippen molar-refractivity contribution < 1.29 is 18.4 Å². The molecule has 0 saturated heterocycles. The maximum absolute atomic E-state index is 14.3. The highest BCUT2D eigenvalue weighted by Crippen LogP contribution is 2.39. The second kappa shape index (κ2) is 9.65. The Bertz CT molecular complexity index is 1430. The fourth-order valence-electron chi connectivity index (χ4n) is 4.36. The molecule has 1 N–H and O–H groups in total. The third-order valence-corrected chi connectivity index (χ3v) is 6.29. The van der Waals surface area contributed by atoms with Crippen molar-refractivity contribution in [3.63, 3.8) is 0 Å². The second-order valence-corrected chi connectivity index (χ2v) is 8.42. The van der Waals surface area contributed by atoms with E-state index in [2.05, 4.69) is 22.4 Å². The first kappa shape index (κ1) is 23.3. The zero-order valence-corrected chi connectivity index (χ0v) is 20.2. The summed E-state index contributed by atoms with van der Waals surface area (Å²) >= 11 is 0. The zero-order chi connectivity index (χ0) is 25.2. The molecule has 0 fully saturated rings. The topological polar surface area (TPSA) is 80.5 Å². The van der Waals surface area contributed by atoms with Crippen molar-refractivity contribution in [2.24, 2.45) is 0 Å². The summed E-state index contributed by atoms with van der Waals surface area (Å²) in [5.74, 6) is 0.0765. The summed E-state index contributed by atoms with van der Waals surface area (Å²) in [6.07, 6.45) is 0.902. The SMILES string of the molecule is CCc1ccc(N2C(=O)NC(c3ccccc3)C(c3nc(-c4ccc(OC)c(F)c4)no3)=C2C)cc1. The summed E-state index contributed by atoms with van der Waals surface area (Å²) in [7, 11) is 1.41. The number of aryl methyl sites for hydroxylation is 1. The third-order valence-electron chi connectivity index (χ3n) is 6.29. The van der Waals surface area contributed by atoms with E-state index >= 15 is 0 Å². The summed E-state index contributed by atoms with van der Waals surface area (Å²) in [5, 5.41) is 7.19. The molecule has 0 saturated carbocycles. The van der Waals surface area contributed by atoms with E-state index in [-0.39, 0.29) is 23.5 Å². The Morgan fingerprint density at radius 2 is 1.83 bits per heavy atom. The number of hydrogen-bond acceptors (Lipinski definition) is 5. The van der Waals surface area contributed by atoms with Crippen LogP contribution in [0.25, 0.3) is 17.0 Å². The van der Waals surface area contributed by atoms with Gasteiger partial charge in [0.15, 0.2) is 11.6 Å². The lowest BCUT2D eigenvalue weighted by Gasteiger charge is -2.35. The van der Waals surface area contributed by atoms with Crippen LogP contribution in [0.1, 0.15) is 36.9 Å². The molecular formula is C28H25FN4O3. The predicted octanol–water partition coefficient (Wildman–Crippen LogP) is 6.15. The van der Waals surface area contributed by atoms with Gasteiger partial charge in [0.1, 0.15) is 0 Å². The number of halogens is 1. The van der Waals surface area contributed by atoms with Crippen LogP contribution in [-0.4, -0.2) is 23.3 Å². The first-order chi connectivity index (χ1) is 17.5. The van der Waals surface area contributed by atoms with E-state index in [0.717, 1.165) is 17.7 Å². The molecule has 0 aliphatic carbocycles. The molecule has 8 heteroatoms. The minimum absolute atomic E-state index is 0.130. The molecule has 0 spiro atoms. The Morgan fingerprint density at radius 1 is 1.08 bits per heavy atom. The highest BCUT2D eigenvalue weighted by molar-refractivity contribution is 6.01. The van der Waals surface area contributed by atoms with Gasteiger partial charge in [-0.25, -0.2) is 9.18 Å². The van der Waals surface area contributed by atoms with Gasteiger partial charge in [0.25, 0.3) is 5.89 Å². The van der Waals surface area contributed by atoms with E-state index < -0.39 is 11.9 Å². The summed E-state index contributed by atoms with van der Waals surface area (Å²) in [5.41, 5.74) is 4.54. The number of ether oxygens (including phenoxy) is 1. The molecule has 1 aliphatic rings. The Kier molecular flexibility index (Phi) is 6.25. The molecule has 2 amide bonds. The molecular weight excluding hydrogens is 459 g/mol. The van der Waals surface area contributed by atoms with E-state index in [1.165, 1.54) is 24.8 Å². The van der Waals surface area contributed by atoms with Crippen LogP contribution in [0.4, 0.5) is 14.9 Å². The molecule has 4 aromatic rings. The number of carbonyl (C=O) groups excluding carboxylic acids is 1. The predicted molar refractivity (Wildman–Crippen MR) is 135 cm³/mol. The molecule has 7 nitrogen and oxygen atoms in total. The van der Waals surface area contributed by atoms with Gasteiger partial charge in [0.05, 0.1) is 24.4 Å². The van der Waals surface area contributed by atoms with Gasteiger partial charge in [-0.15, -0.1) is 0 Å². The normalized spacial score (nSPS) is 15.7. The van der Waals surface area contributed by atoms with E-state index in [1.807, 2.05) is 61.5 Å². The fraction of sp³-hybridized carbons (Fsp3) is 0.179. The minimum atomic E-state index is -0.523. The van der Waals surface area contributed by atoms with Crippen molar-refractivity contribution in [2.45, 2.75) is 26.3 Å². The largest absolute Gasteiger partial charge is 0.494 e. The Hall–Kier alpha value is -4.46. The number of rotatable bonds is 6. The van der Waals surface area contributed by atoms with Crippen molar-refractivity contribution in [2.75, 3.05) is 12.0 Å². The van der Waals surface area contributed by atoms with Gasteiger partial charge in [0, 0.05) is 11.3 Å². The molecule has 2 heterocycles. The Labute approximate surface area is 208 Å². The first-order valence-electron chi connectivity index (χ1n) is 11.6. The summed E-state index contributed by atoms with van der Waals surface area (Å²) < 4.78 is 25.0. The fourth-order valence-corrected chi connectivity index (χ4v) is 4.36. The molecule has 0 bridgehead atoms. The quantitative estimate of drug-likeness (QED) is 0.355. The summed E-state index contributed by atoms with van der Waals surface area (Å²) in [6, 6.07) is 21.1. The van der Waals surface area contributed by atoms with Gasteiger partial charge in [-0.05, 0) is 54.8 Å². The average molecular weight is 485 g/mol. The summed E-state index contributed by atoms with van der Waals surface area (Å²) in [4.78, 5) is 19.5. The molecule has 1 aliphatic heterocycles. The lowest BCUT2D eigenvalue weighted by Crippen LogP contribution is -2.46. The summed E-state index contributed by atoms with van der Waals surface area (Å²) in [6.45, 7) is 3.94. The molecule has 1 unspecified atom stereocenters. The molecule has 36 heavy (non-hydrogen) atoms. The van der Waals surface area contributed by atoms with Crippen LogP contribution in [-0.2, 0) is 6.42 Å². The van der Waals surface area contributed by atoms with E-state index in [9.17, 15) is 9.18 Å².